The highest BCUT2D eigenvalue weighted by atomic mass is 16.5. The van der Waals surface area contributed by atoms with E-state index in [4.69, 9.17) is 4.74 Å². The molecule has 0 aromatic heterocycles. The van der Waals surface area contributed by atoms with Gasteiger partial charge in [0.25, 0.3) is 0 Å². The van der Waals surface area contributed by atoms with Crippen LogP contribution in [0.5, 0.6) is 0 Å². The van der Waals surface area contributed by atoms with Crippen LogP contribution in [-0.2, 0) is 11.3 Å². The molecule has 2 atom stereocenters. The first kappa shape index (κ1) is 17.8. The predicted octanol–water partition coefficient (Wildman–Crippen LogP) is 3.28. The van der Waals surface area contributed by atoms with Crippen LogP contribution in [0.1, 0.15) is 45.1 Å². The van der Waals surface area contributed by atoms with Gasteiger partial charge >= 0.3 is 6.03 Å². The molecule has 1 fully saturated rings. The molecule has 0 spiro atoms. The van der Waals surface area contributed by atoms with Crippen LogP contribution < -0.4 is 10.6 Å². The number of anilines is 1. The molecule has 5 heteroatoms. The number of hydrogen-bond acceptors (Lipinski definition) is 3. The van der Waals surface area contributed by atoms with Crippen LogP contribution in [0.25, 0.3) is 0 Å². The van der Waals surface area contributed by atoms with E-state index >= 15 is 0 Å². The molecule has 0 bridgehead atoms. The van der Waals surface area contributed by atoms with Crippen molar-refractivity contribution in [3.05, 3.63) is 29.8 Å². The quantitative estimate of drug-likeness (QED) is 0.753. The van der Waals surface area contributed by atoms with Crippen molar-refractivity contribution in [1.29, 1.82) is 0 Å². The summed E-state index contributed by atoms with van der Waals surface area (Å²) in [6.45, 7) is 4.66. The smallest absolute Gasteiger partial charge is 0.319 e. The van der Waals surface area contributed by atoms with Crippen LogP contribution in [0.2, 0.25) is 0 Å². The lowest BCUT2D eigenvalue weighted by atomic mass is 9.85. The van der Waals surface area contributed by atoms with E-state index < -0.39 is 0 Å². The molecule has 5 nitrogen and oxygen atoms in total. The Bertz CT molecular complexity index is 505. The van der Waals surface area contributed by atoms with Crippen molar-refractivity contribution in [2.24, 2.45) is 5.92 Å². The second-order valence-electron chi connectivity index (χ2n) is 6.49. The Morgan fingerprint density at radius 2 is 2.13 bits per heavy atom. The third-order valence-electron chi connectivity index (χ3n) is 4.23. The number of hydrogen-bond donors (Lipinski definition) is 3. The minimum Gasteiger partial charge on any atom is -0.396 e. The molecule has 3 N–H and O–H groups in total. The van der Waals surface area contributed by atoms with Crippen LogP contribution in [0, 0.1) is 5.92 Å². The molecular weight excluding hydrogens is 292 g/mol. The summed E-state index contributed by atoms with van der Waals surface area (Å²) in [5, 5.41) is 15.3. The van der Waals surface area contributed by atoms with Gasteiger partial charge in [-0.15, -0.1) is 0 Å². The first-order valence-corrected chi connectivity index (χ1v) is 8.47. The summed E-state index contributed by atoms with van der Waals surface area (Å²) >= 11 is 0. The van der Waals surface area contributed by atoms with Gasteiger partial charge in [0.2, 0.25) is 0 Å². The Morgan fingerprint density at radius 1 is 1.35 bits per heavy atom. The van der Waals surface area contributed by atoms with Gasteiger partial charge in [-0.05, 0) is 44.4 Å². The number of nitrogens with one attached hydrogen (secondary N) is 2. The van der Waals surface area contributed by atoms with Crippen molar-refractivity contribution < 1.29 is 14.6 Å². The summed E-state index contributed by atoms with van der Waals surface area (Å²) in [6.07, 6.45) is 4.31. The zero-order valence-electron chi connectivity index (χ0n) is 14.0. The number of ether oxygens (including phenoxy) is 1. The standard InChI is InChI=1S/C18H28N2O3/c1-13(2)23-12-14-6-5-8-16(10-14)19-18(22)20-17-9-4-3-7-15(17)11-21/h5-6,8,10,13,15,17,21H,3-4,7,9,11-12H2,1-2H3,(H2,19,20,22). The van der Waals surface area contributed by atoms with E-state index in [1.54, 1.807) is 0 Å². The monoisotopic (exact) mass is 320 g/mol. The predicted molar refractivity (Wildman–Crippen MR) is 91.4 cm³/mol. The topological polar surface area (TPSA) is 70.6 Å². The maximum Gasteiger partial charge on any atom is 0.319 e. The molecule has 1 saturated carbocycles. The zero-order valence-corrected chi connectivity index (χ0v) is 14.0. The van der Waals surface area contributed by atoms with Crippen molar-refractivity contribution in [2.45, 2.75) is 58.3 Å². The number of rotatable bonds is 6. The van der Waals surface area contributed by atoms with Gasteiger partial charge in [-0.3, -0.25) is 0 Å². The Kier molecular flexibility index (Phi) is 6.86. The minimum atomic E-state index is -0.211. The molecule has 0 radical (unpaired) electrons. The first-order chi connectivity index (χ1) is 11.1. The van der Waals surface area contributed by atoms with Crippen molar-refractivity contribution >= 4 is 11.7 Å². The minimum absolute atomic E-state index is 0.0567. The summed E-state index contributed by atoms with van der Waals surface area (Å²) in [6, 6.07) is 7.52. The van der Waals surface area contributed by atoms with Crippen molar-refractivity contribution in [3.8, 4) is 0 Å². The first-order valence-electron chi connectivity index (χ1n) is 8.47. The molecule has 1 aromatic rings. The van der Waals surface area contributed by atoms with Gasteiger partial charge in [0.15, 0.2) is 0 Å². The van der Waals surface area contributed by atoms with E-state index in [0.29, 0.717) is 6.61 Å². The third kappa shape index (κ3) is 5.84. The molecule has 1 aliphatic carbocycles. The summed E-state index contributed by atoms with van der Waals surface area (Å²) in [4.78, 5) is 12.2. The van der Waals surface area contributed by atoms with Crippen LogP contribution in [0.4, 0.5) is 10.5 Å². The molecule has 0 heterocycles. The van der Waals surface area contributed by atoms with Crippen LogP contribution in [0.15, 0.2) is 24.3 Å². The Hall–Kier alpha value is -1.59. The molecular formula is C18H28N2O3. The third-order valence-corrected chi connectivity index (χ3v) is 4.23. The van der Waals surface area contributed by atoms with Gasteiger partial charge in [0.1, 0.15) is 0 Å². The molecule has 0 aliphatic heterocycles. The highest BCUT2D eigenvalue weighted by Gasteiger charge is 2.25. The Balaban J connectivity index is 1.88. The summed E-state index contributed by atoms with van der Waals surface area (Å²) in [5.74, 6) is 0.167. The number of amides is 2. The van der Waals surface area contributed by atoms with Crippen molar-refractivity contribution in [2.75, 3.05) is 11.9 Å². The highest BCUT2D eigenvalue weighted by Crippen LogP contribution is 2.24. The van der Waals surface area contributed by atoms with E-state index in [2.05, 4.69) is 10.6 Å². The van der Waals surface area contributed by atoms with Crippen molar-refractivity contribution in [1.82, 2.24) is 5.32 Å². The summed E-state index contributed by atoms with van der Waals surface area (Å²) in [7, 11) is 0. The average Bonchev–Trinajstić information content (AvgIpc) is 2.53. The number of aliphatic hydroxyl groups excluding tert-OH is 1. The normalized spacial score (nSPS) is 21.2. The maximum atomic E-state index is 12.2. The zero-order chi connectivity index (χ0) is 16.7. The van der Waals surface area contributed by atoms with E-state index in [1.807, 2.05) is 38.1 Å². The van der Waals surface area contributed by atoms with E-state index in [-0.39, 0.29) is 30.7 Å². The fraction of sp³-hybridized carbons (Fsp3) is 0.611. The number of carbonyl (C=O) groups excluding carboxylic acids is 1. The molecule has 1 aromatic carbocycles. The molecule has 0 saturated heterocycles. The van der Waals surface area contributed by atoms with Gasteiger partial charge < -0.3 is 20.5 Å². The Labute approximate surface area is 138 Å². The SMILES string of the molecule is CC(C)OCc1cccc(NC(=O)NC2CCCCC2CO)c1. The van der Waals surface area contributed by atoms with Crippen LogP contribution in [-0.4, -0.2) is 29.9 Å². The lowest BCUT2D eigenvalue weighted by Crippen LogP contribution is -2.45. The second kappa shape index (κ2) is 8.89. The Morgan fingerprint density at radius 3 is 2.87 bits per heavy atom. The van der Waals surface area contributed by atoms with E-state index in [9.17, 15) is 9.90 Å². The van der Waals surface area contributed by atoms with Gasteiger partial charge in [-0.25, -0.2) is 4.79 Å². The van der Waals surface area contributed by atoms with E-state index in [0.717, 1.165) is 36.9 Å². The number of aliphatic hydroxyl groups is 1. The van der Waals surface area contributed by atoms with Crippen LogP contribution in [0.3, 0.4) is 0 Å². The summed E-state index contributed by atoms with van der Waals surface area (Å²) in [5.41, 5.74) is 1.78. The molecule has 2 unspecified atom stereocenters. The average molecular weight is 320 g/mol. The summed E-state index contributed by atoms with van der Waals surface area (Å²) < 4.78 is 5.58. The molecule has 2 amide bonds. The molecule has 23 heavy (non-hydrogen) atoms. The van der Waals surface area contributed by atoms with Gasteiger partial charge in [0, 0.05) is 24.3 Å². The van der Waals surface area contributed by atoms with Crippen molar-refractivity contribution in [3.63, 3.8) is 0 Å². The van der Waals surface area contributed by atoms with Gasteiger partial charge in [-0.1, -0.05) is 25.0 Å². The molecule has 1 aliphatic rings. The largest absolute Gasteiger partial charge is 0.396 e. The fourth-order valence-electron chi connectivity index (χ4n) is 2.95. The number of urea groups is 1. The number of benzene rings is 1. The lowest BCUT2D eigenvalue weighted by Gasteiger charge is -2.30. The van der Waals surface area contributed by atoms with Gasteiger partial charge in [-0.2, -0.15) is 0 Å². The molecule has 128 valence electrons. The highest BCUT2D eigenvalue weighted by molar-refractivity contribution is 5.89. The maximum absolute atomic E-state index is 12.2. The second-order valence-corrected chi connectivity index (χ2v) is 6.49. The fourth-order valence-corrected chi connectivity index (χ4v) is 2.95. The van der Waals surface area contributed by atoms with Gasteiger partial charge in [0.05, 0.1) is 12.7 Å². The molecule has 2 rings (SSSR count). The van der Waals surface area contributed by atoms with E-state index in [1.165, 1.54) is 0 Å². The number of carbonyl (C=O) groups is 1. The van der Waals surface area contributed by atoms with Crippen LogP contribution >= 0.6 is 0 Å². The lowest BCUT2D eigenvalue weighted by molar-refractivity contribution is 0.0657.